The molecule has 2 aromatic rings. The minimum Gasteiger partial charge on any atom is -0.454 e. The van der Waals surface area contributed by atoms with Crippen molar-refractivity contribution in [3.05, 3.63) is 58.6 Å². The van der Waals surface area contributed by atoms with Crippen molar-refractivity contribution < 1.29 is 23.9 Å². The smallest absolute Gasteiger partial charge is 0.269 e. The van der Waals surface area contributed by atoms with Crippen LogP contribution in [0.2, 0.25) is 5.02 Å². The van der Waals surface area contributed by atoms with Gasteiger partial charge in [0, 0.05) is 5.56 Å². The molecule has 8 nitrogen and oxygen atoms in total. The first-order valence-corrected chi connectivity index (χ1v) is 7.94. The molecule has 0 aliphatic carbocycles. The summed E-state index contributed by atoms with van der Waals surface area (Å²) in [6.45, 7) is -0.228. The van der Waals surface area contributed by atoms with Crippen LogP contribution in [0.1, 0.15) is 20.7 Å². The molecule has 0 bridgehead atoms. The molecule has 0 spiro atoms. The first-order valence-electron chi connectivity index (χ1n) is 7.56. The Labute approximate surface area is 153 Å². The van der Waals surface area contributed by atoms with Crippen LogP contribution in [0.15, 0.2) is 42.5 Å². The Kier molecular flexibility index (Phi) is 5.23. The second-order valence-electron chi connectivity index (χ2n) is 5.23. The standard InChI is InChI=1S/C17H14ClN3O5/c18-12-4-2-1-3-11(12)17(24)19-8-15(22)20-21-16(23)10-5-6-13-14(7-10)26-9-25-13/h1-7H,8-9H2,(H,19,24)(H,20,22)(H,21,23). The summed E-state index contributed by atoms with van der Waals surface area (Å²) in [7, 11) is 0. The van der Waals surface area contributed by atoms with Gasteiger partial charge in [-0.15, -0.1) is 0 Å². The number of benzene rings is 2. The van der Waals surface area contributed by atoms with Gasteiger partial charge in [0.2, 0.25) is 6.79 Å². The lowest BCUT2D eigenvalue weighted by molar-refractivity contribution is -0.120. The molecule has 3 N–H and O–H groups in total. The van der Waals surface area contributed by atoms with Crippen molar-refractivity contribution in [1.29, 1.82) is 0 Å². The largest absolute Gasteiger partial charge is 0.454 e. The Morgan fingerprint density at radius 2 is 1.73 bits per heavy atom. The first kappa shape index (κ1) is 17.6. The van der Waals surface area contributed by atoms with Crippen LogP contribution in [-0.4, -0.2) is 31.1 Å². The Morgan fingerprint density at radius 3 is 2.54 bits per heavy atom. The van der Waals surface area contributed by atoms with Gasteiger partial charge in [0.15, 0.2) is 11.5 Å². The molecule has 134 valence electrons. The third-order valence-electron chi connectivity index (χ3n) is 3.48. The predicted octanol–water partition coefficient (Wildman–Crippen LogP) is 1.26. The number of nitrogens with one attached hydrogen (secondary N) is 3. The molecule has 0 saturated carbocycles. The fourth-order valence-electron chi connectivity index (χ4n) is 2.18. The molecule has 0 saturated heterocycles. The van der Waals surface area contributed by atoms with E-state index in [-0.39, 0.29) is 29.5 Å². The predicted molar refractivity (Wildman–Crippen MR) is 92.0 cm³/mol. The van der Waals surface area contributed by atoms with Gasteiger partial charge in [-0.05, 0) is 30.3 Å². The summed E-state index contributed by atoms with van der Waals surface area (Å²) in [5, 5.41) is 2.69. The van der Waals surface area contributed by atoms with Crippen molar-refractivity contribution in [2.45, 2.75) is 0 Å². The molecule has 3 rings (SSSR count). The lowest BCUT2D eigenvalue weighted by Crippen LogP contribution is -2.46. The molecule has 1 heterocycles. The van der Waals surface area contributed by atoms with Gasteiger partial charge in [0.05, 0.1) is 17.1 Å². The number of hydrogen-bond donors (Lipinski definition) is 3. The van der Waals surface area contributed by atoms with Gasteiger partial charge in [0.1, 0.15) is 0 Å². The first-order chi connectivity index (χ1) is 12.5. The monoisotopic (exact) mass is 375 g/mol. The van der Waals surface area contributed by atoms with E-state index in [0.717, 1.165) is 0 Å². The fourth-order valence-corrected chi connectivity index (χ4v) is 2.40. The SMILES string of the molecule is O=C(CNC(=O)c1ccccc1Cl)NNC(=O)c1ccc2c(c1)OCO2. The molecule has 3 amide bonds. The number of halogens is 1. The maximum Gasteiger partial charge on any atom is 0.269 e. The number of hydrogen-bond acceptors (Lipinski definition) is 5. The molecule has 9 heteroatoms. The van der Waals surface area contributed by atoms with E-state index in [0.29, 0.717) is 11.5 Å². The Morgan fingerprint density at radius 1 is 0.962 bits per heavy atom. The van der Waals surface area contributed by atoms with Gasteiger partial charge in [0.25, 0.3) is 17.7 Å². The van der Waals surface area contributed by atoms with E-state index < -0.39 is 17.7 Å². The van der Waals surface area contributed by atoms with Crippen LogP contribution in [0.5, 0.6) is 11.5 Å². The summed E-state index contributed by atoms with van der Waals surface area (Å²) in [6.07, 6.45) is 0. The summed E-state index contributed by atoms with van der Waals surface area (Å²) in [4.78, 5) is 35.7. The minimum absolute atomic E-state index is 0.0995. The average Bonchev–Trinajstić information content (AvgIpc) is 3.12. The van der Waals surface area contributed by atoms with Gasteiger partial charge in [-0.1, -0.05) is 23.7 Å². The molecule has 26 heavy (non-hydrogen) atoms. The fraction of sp³-hybridized carbons (Fsp3) is 0.118. The van der Waals surface area contributed by atoms with Crippen LogP contribution >= 0.6 is 11.6 Å². The van der Waals surface area contributed by atoms with E-state index in [1.807, 2.05) is 0 Å². The van der Waals surface area contributed by atoms with Crippen LogP contribution < -0.4 is 25.6 Å². The lowest BCUT2D eigenvalue weighted by Gasteiger charge is -2.09. The highest BCUT2D eigenvalue weighted by atomic mass is 35.5. The lowest BCUT2D eigenvalue weighted by atomic mass is 10.2. The molecule has 2 aromatic carbocycles. The van der Waals surface area contributed by atoms with Crippen LogP contribution in [0.25, 0.3) is 0 Å². The van der Waals surface area contributed by atoms with E-state index in [2.05, 4.69) is 16.2 Å². The van der Waals surface area contributed by atoms with Gasteiger partial charge >= 0.3 is 0 Å². The maximum atomic E-state index is 12.0. The minimum atomic E-state index is -0.598. The second-order valence-corrected chi connectivity index (χ2v) is 5.64. The van der Waals surface area contributed by atoms with Crippen LogP contribution in [-0.2, 0) is 4.79 Å². The molecule has 0 radical (unpaired) electrons. The van der Waals surface area contributed by atoms with E-state index in [1.165, 1.54) is 18.2 Å². The van der Waals surface area contributed by atoms with Crippen molar-refractivity contribution in [3.8, 4) is 11.5 Å². The number of carbonyl (C=O) groups excluding carboxylic acids is 3. The van der Waals surface area contributed by atoms with Crippen molar-refractivity contribution >= 4 is 29.3 Å². The van der Waals surface area contributed by atoms with E-state index in [9.17, 15) is 14.4 Å². The third-order valence-corrected chi connectivity index (χ3v) is 3.81. The highest BCUT2D eigenvalue weighted by Gasteiger charge is 2.17. The van der Waals surface area contributed by atoms with Gasteiger partial charge in [-0.3, -0.25) is 25.2 Å². The zero-order valence-electron chi connectivity index (χ0n) is 13.4. The number of rotatable bonds is 4. The van der Waals surface area contributed by atoms with Crippen molar-refractivity contribution in [3.63, 3.8) is 0 Å². The zero-order chi connectivity index (χ0) is 18.5. The van der Waals surface area contributed by atoms with Gasteiger partial charge in [-0.2, -0.15) is 0 Å². The number of hydrazine groups is 1. The van der Waals surface area contributed by atoms with Crippen molar-refractivity contribution in [2.75, 3.05) is 13.3 Å². The summed E-state index contributed by atoms with van der Waals surface area (Å²) < 4.78 is 10.3. The zero-order valence-corrected chi connectivity index (χ0v) is 14.1. The highest BCUT2D eigenvalue weighted by Crippen LogP contribution is 2.32. The Balaban J connectivity index is 1.47. The number of carbonyl (C=O) groups is 3. The summed E-state index contributed by atoms with van der Waals surface area (Å²) in [5.41, 5.74) is 5.01. The van der Waals surface area contributed by atoms with Crippen molar-refractivity contribution in [2.24, 2.45) is 0 Å². The number of amides is 3. The van der Waals surface area contributed by atoms with Crippen LogP contribution in [0.4, 0.5) is 0 Å². The Bertz CT molecular complexity index is 871. The molecule has 0 aromatic heterocycles. The molecule has 1 aliphatic heterocycles. The molecular formula is C17H14ClN3O5. The summed E-state index contributed by atoms with van der Waals surface area (Å²) in [5.74, 6) is -0.620. The number of fused-ring (bicyclic) bond motifs is 1. The summed E-state index contributed by atoms with van der Waals surface area (Å²) >= 11 is 5.91. The summed E-state index contributed by atoms with van der Waals surface area (Å²) in [6, 6.07) is 11.1. The van der Waals surface area contributed by atoms with E-state index in [1.54, 1.807) is 24.3 Å². The molecule has 0 unspecified atom stereocenters. The second kappa shape index (κ2) is 7.75. The van der Waals surface area contributed by atoms with Crippen LogP contribution in [0, 0.1) is 0 Å². The van der Waals surface area contributed by atoms with Gasteiger partial charge < -0.3 is 14.8 Å². The van der Waals surface area contributed by atoms with Gasteiger partial charge in [-0.25, -0.2) is 0 Å². The normalized spacial score (nSPS) is 11.6. The number of ether oxygens (including phenoxy) is 2. The van der Waals surface area contributed by atoms with E-state index in [4.69, 9.17) is 21.1 Å². The quantitative estimate of drug-likeness (QED) is 0.698. The highest BCUT2D eigenvalue weighted by molar-refractivity contribution is 6.33. The van der Waals surface area contributed by atoms with E-state index >= 15 is 0 Å². The molecule has 1 aliphatic rings. The van der Waals surface area contributed by atoms with Crippen molar-refractivity contribution in [1.82, 2.24) is 16.2 Å². The van der Waals surface area contributed by atoms with Crippen LogP contribution in [0.3, 0.4) is 0 Å². The average molecular weight is 376 g/mol. The third kappa shape index (κ3) is 4.04. The topological polar surface area (TPSA) is 106 Å². The molecular weight excluding hydrogens is 362 g/mol. The molecule has 0 atom stereocenters. The molecule has 0 fully saturated rings. The Hall–Kier alpha value is -3.26. The maximum absolute atomic E-state index is 12.0.